The first-order chi connectivity index (χ1) is 10.1. The molecule has 0 aliphatic rings. The summed E-state index contributed by atoms with van der Waals surface area (Å²) in [4.78, 5) is 6.97. The number of rotatable bonds is 3. The number of aromatic amines is 1. The minimum atomic E-state index is -1.55. The fourth-order valence-electron chi connectivity index (χ4n) is 2.17. The van der Waals surface area contributed by atoms with Crippen LogP contribution in [0.3, 0.4) is 0 Å². The molecule has 106 valence electrons. The van der Waals surface area contributed by atoms with Crippen LogP contribution in [-0.4, -0.2) is 14.2 Å². The first-order valence-corrected chi connectivity index (χ1v) is 7.37. The van der Waals surface area contributed by atoms with E-state index in [9.17, 15) is 4.21 Å². The van der Waals surface area contributed by atoms with Crippen LogP contribution < -0.4 is 4.72 Å². The van der Waals surface area contributed by atoms with E-state index in [1.807, 2.05) is 19.1 Å². The topological polar surface area (TPSA) is 94.7 Å². The van der Waals surface area contributed by atoms with Crippen molar-refractivity contribution in [1.82, 2.24) is 9.97 Å². The standard InChI is InChI=1S/C14H12N4O2S/c1-8-3-4-11(14-13(8)10(5-15)6-17-14)18-21(19)12-7-16-9(2)20-12/h3-4,6-7,17-18H,1-2H3. The molecule has 0 amide bonds. The van der Waals surface area contributed by atoms with Crippen molar-refractivity contribution in [2.24, 2.45) is 0 Å². The SMILES string of the molecule is Cc1ncc(S(=O)Nc2ccc(C)c3c(C#N)c[nH]c23)o1. The Morgan fingerprint density at radius 2 is 2.24 bits per heavy atom. The van der Waals surface area contributed by atoms with E-state index < -0.39 is 11.0 Å². The zero-order valence-corrected chi connectivity index (χ0v) is 12.2. The van der Waals surface area contributed by atoms with Crippen molar-refractivity contribution < 1.29 is 8.63 Å². The molecule has 0 spiro atoms. The van der Waals surface area contributed by atoms with Gasteiger partial charge in [0, 0.05) is 18.5 Å². The Morgan fingerprint density at radius 3 is 2.90 bits per heavy atom. The van der Waals surface area contributed by atoms with Crippen LogP contribution >= 0.6 is 0 Å². The number of oxazole rings is 1. The first kappa shape index (κ1) is 13.4. The van der Waals surface area contributed by atoms with Crippen LogP contribution in [0.4, 0.5) is 5.69 Å². The third-order valence-corrected chi connectivity index (χ3v) is 4.11. The van der Waals surface area contributed by atoms with Gasteiger partial charge in [-0.2, -0.15) is 5.26 Å². The van der Waals surface area contributed by atoms with Gasteiger partial charge < -0.3 is 9.40 Å². The first-order valence-electron chi connectivity index (χ1n) is 6.22. The number of nitriles is 1. The Morgan fingerprint density at radius 1 is 1.43 bits per heavy atom. The Hall–Kier alpha value is -2.59. The van der Waals surface area contributed by atoms with E-state index in [0.29, 0.717) is 17.1 Å². The van der Waals surface area contributed by atoms with Crippen molar-refractivity contribution in [3.63, 3.8) is 0 Å². The van der Waals surface area contributed by atoms with Gasteiger partial charge in [-0.25, -0.2) is 9.19 Å². The molecular formula is C14H12N4O2S. The fourth-order valence-corrected chi connectivity index (χ4v) is 2.99. The lowest BCUT2D eigenvalue weighted by Crippen LogP contribution is -2.04. The predicted octanol–water partition coefficient (Wildman–Crippen LogP) is 2.78. The molecular weight excluding hydrogens is 288 g/mol. The maximum absolute atomic E-state index is 12.2. The molecule has 7 heteroatoms. The van der Waals surface area contributed by atoms with Crippen LogP contribution in [0.5, 0.6) is 0 Å². The van der Waals surface area contributed by atoms with Crippen molar-refractivity contribution in [3.8, 4) is 6.07 Å². The third-order valence-electron chi connectivity index (χ3n) is 3.15. The zero-order valence-electron chi connectivity index (χ0n) is 11.4. The van der Waals surface area contributed by atoms with Gasteiger partial charge in [-0.15, -0.1) is 0 Å². The number of hydrogen-bond acceptors (Lipinski definition) is 4. The van der Waals surface area contributed by atoms with Gasteiger partial charge in [-0.1, -0.05) is 6.07 Å². The van der Waals surface area contributed by atoms with Gasteiger partial charge in [0.2, 0.25) is 5.09 Å². The minimum Gasteiger partial charge on any atom is -0.430 e. The van der Waals surface area contributed by atoms with Crippen LogP contribution in [0.1, 0.15) is 17.0 Å². The van der Waals surface area contributed by atoms with E-state index in [1.165, 1.54) is 6.20 Å². The molecule has 2 aromatic heterocycles. The Bertz CT molecular complexity index is 888. The maximum Gasteiger partial charge on any atom is 0.231 e. The van der Waals surface area contributed by atoms with Crippen LogP contribution in [0.25, 0.3) is 10.9 Å². The monoisotopic (exact) mass is 300 g/mol. The molecule has 2 N–H and O–H groups in total. The molecule has 0 aliphatic heterocycles. The molecule has 21 heavy (non-hydrogen) atoms. The van der Waals surface area contributed by atoms with Gasteiger partial charge in [0.15, 0.2) is 16.9 Å². The fraction of sp³-hybridized carbons (Fsp3) is 0.143. The highest BCUT2D eigenvalue weighted by atomic mass is 32.2. The van der Waals surface area contributed by atoms with E-state index in [2.05, 4.69) is 20.8 Å². The highest BCUT2D eigenvalue weighted by Crippen LogP contribution is 2.29. The van der Waals surface area contributed by atoms with Crippen LogP contribution in [0.15, 0.2) is 34.0 Å². The number of nitrogens with zero attached hydrogens (tertiary/aromatic N) is 2. The van der Waals surface area contributed by atoms with Gasteiger partial charge in [-0.05, 0) is 18.6 Å². The molecule has 3 rings (SSSR count). The summed E-state index contributed by atoms with van der Waals surface area (Å²) >= 11 is 0. The van der Waals surface area contributed by atoms with Crippen LogP contribution in [-0.2, 0) is 11.0 Å². The van der Waals surface area contributed by atoms with E-state index >= 15 is 0 Å². The summed E-state index contributed by atoms with van der Waals surface area (Å²) in [6, 6.07) is 5.84. The largest absolute Gasteiger partial charge is 0.430 e. The van der Waals surface area contributed by atoms with E-state index in [-0.39, 0.29) is 5.09 Å². The number of anilines is 1. The quantitative estimate of drug-likeness (QED) is 0.777. The molecule has 2 heterocycles. The Balaban J connectivity index is 2.02. The van der Waals surface area contributed by atoms with E-state index in [0.717, 1.165) is 16.5 Å². The minimum absolute atomic E-state index is 0.258. The average molecular weight is 300 g/mol. The molecule has 0 fully saturated rings. The van der Waals surface area contributed by atoms with Gasteiger partial charge in [0.25, 0.3) is 0 Å². The number of benzene rings is 1. The van der Waals surface area contributed by atoms with Gasteiger partial charge in [0.05, 0.1) is 23.0 Å². The molecule has 0 saturated carbocycles. The van der Waals surface area contributed by atoms with Crippen molar-refractivity contribution in [1.29, 1.82) is 5.26 Å². The van der Waals surface area contributed by atoms with E-state index in [1.54, 1.807) is 13.1 Å². The lowest BCUT2D eigenvalue weighted by Gasteiger charge is -2.07. The number of H-pyrrole nitrogens is 1. The van der Waals surface area contributed by atoms with Crippen molar-refractivity contribution in [3.05, 3.63) is 41.5 Å². The summed E-state index contributed by atoms with van der Waals surface area (Å²) in [5.74, 6) is 0.459. The lowest BCUT2D eigenvalue weighted by atomic mass is 10.1. The van der Waals surface area contributed by atoms with Gasteiger partial charge in [-0.3, -0.25) is 4.72 Å². The van der Waals surface area contributed by atoms with Gasteiger partial charge >= 0.3 is 0 Å². The summed E-state index contributed by atoms with van der Waals surface area (Å²) in [6.45, 7) is 3.62. The number of fused-ring (bicyclic) bond motifs is 1. The molecule has 6 nitrogen and oxygen atoms in total. The van der Waals surface area contributed by atoms with Crippen molar-refractivity contribution >= 4 is 27.6 Å². The predicted molar refractivity (Wildman–Crippen MR) is 79.0 cm³/mol. The Labute approximate surface area is 123 Å². The molecule has 1 aromatic carbocycles. The summed E-state index contributed by atoms with van der Waals surface area (Å²) in [6.07, 6.45) is 3.07. The Kier molecular flexibility index (Phi) is 3.23. The molecule has 0 aliphatic carbocycles. The number of aryl methyl sites for hydroxylation is 2. The van der Waals surface area contributed by atoms with Crippen molar-refractivity contribution in [2.45, 2.75) is 18.9 Å². The molecule has 3 aromatic rings. The second kappa shape index (κ2) is 5.07. The van der Waals surface area contributed by atoms with Crippen molar-refractivity contribution in [2.75, 3.05) is 4.72 Å². The zero-order chi connectivity index (χ0) is 15.0. The summed E-state index contributed by atoms with van der Waals surface area (Å²) in [7, 11) is -1.55. The second-order valence-electron chi connectivity index (χ2n) is 4.56. The maximum atomic E-state index is 12.2. The van der Waals surface area contributed by atoms with E-state index in [4.69, 9.17) is 9.68 Å². The number of aromatic nitrogens is 2. The average Bonchev–Trinajstić information content (AvgIpc) is 3.08. The van der Waals surface area contributed by atoms with Gasteiger partial charge in [0.1, 0.15) is 6.07 Å². The highest BCUT2D eigenvalue weighted by molar-refractivity contribution is 7.86. The lowest BCUT2D eigenvalue weighted by molar-refractivity contribution is 0.435. The third kappa shape index (κ3) is 2.30. The van der Waals surface area contributed by atoms with Crippen LogP contribution in [0.2, 0.25) is 0 Å². The molecule has 0 radical (unpaired) electrons. The smallest absolute Gasteiger partial charge is 0.231 e. The summed E-state index contributed by atoms with van der Waals surface area (Å²) in [5.41, 5.74) is 2.93. The number of nitrogens with one attached hydrogen (secondary N) is 2. The normalized spacial score (nSPS) is 12.2. The molecule has 0 bridgehead atoms. The number of hydrogen-bond donors (Lipinski definition) is 2. The molecule has 0 saturated heterocycles. The highest BCUT2D eigenvalue weighted by Gasteiger charge is 2.14. The van der Waals surface area contributed by atoms with Crippen LogP contribution in [0, 0.1) is 25.2 Å². The summed E-state index contributed by atoms with van der Waals surface area (Å²) in [5, 5.41) is 10.2. The molecule has 1 atom stereocenters. The second-order valence-corrected chi connectivity index (χ2v) is 5.71. The summed E-state index contributed by atoms with van der Waals surface area (Å²) < 4.78 is 20.3. The molecule has 1 unspecified atom stereocenters.